The van der Waals surface area contributed by atoms with E-state index in [4.69, 9.17) is 10.1 Å². The number of thiophene rings is 1. The van der Waals surface area contributed by atoms with Crippen molar-refractivity contribution in [2.24, 2.45) is 7.05 Å². The van der Waals surface area contributed by atoms with Crippen molar-refractivity contribution in [1.29, 1.82) is 0 Å². The molecule has 0 spiro atoms. The molecule has 0 fully saturated rings. The monoisotopic (exact) mass is 642 g/mol. The SMILES string of the molecule is C=CC(=O)N1C[C@H](C)n2nc(-c3nc(-c4ccc5c(c4)nc(C)n5C)c4scc(F)c4c3-c3c(F)cc(F)cc3CO)cc2[C@H]1C. The normalized spacial score (nSPS) is 16.4. The maximum Gasteiger partial charge on any atom is 0.246 e. The van der Waals surface area contributed by atoms with Crippen LogP contribution in [0.2, 0.25) is 0 Å². The lowest BCUT2D eigenvalue weighted by Crippen LogP contribution is -2.42. The summed E-state index contributed by atoms with van der Waals surface area (Å²) in [5.41, 5.74) is 3.76. The number of aliphatic hydroxyl groups excluding tert-OH is 1. The Morgan fingerprint density at radius 2 is 1.87 bits per heavy atom. The van der Waals surface area contributed by atoms with Gasteiger partial charge in [-0.3, -0.25) is 9.48 Å². The molecule has 0 saturated carbocycles. The van der Waals surface area contributed by atoms with E-state index in [2.05, 4.69) is 11.6 Å². The van der Waals surface area contributed by atoms with Crippen LogP contribution < -0.4 is 0 Å². The summed E-state index contributed by atoms with van der Waals surface area (Å²) in [4.78, 5) is 24.1. The standard InChI is InChI=1S/C34H29F3N6O2S/c1-6-28(45)42-13-16(2)43-27(17(42)3)12-25(40-43)33-31(29-20(14-44)9-21(35)11-22(29)36)30-23(37)15-46-34(30)32(39-33)19-7-8-26-24(10-19)38-18(4)41(26)5/h6-12,15-17,44H,1,13-14H2,2-5H3/t16-,17+/m0/s1. The van der Waals surface area contributed by atoms with E-state index in [9.17, 15) is 14.3 Å². The molecule has 0 unspecified atom stereocenters. The molecule has 2 atom stereocenters. The summed E-state index contributed by atoms with van der Waals surface area (Å²) < 4.78 is 50.4. The summed E-state index contributed by atoms with van der Waals surface area (Å²) in [6.07, 6.45) is 1.27. The van der Waals surface area contributed by atoms with E-state index in [1.807, 2.05) is 50.6 Å². The van der Waals surface area contributed by atoms with Gasteiger partial charge in [-0.25, -0.2) is 23.1 Å². The van der Waals surface area contributed by atoms with E-state index < -0.39 is 24.1 Å². The van der Waals surface area contributed by atoms with Gasteiger partial charge in [-0.05, 0) is 56.7 Å². The quantitative estimate of drug-likeness (QED) is 0.200. The lowest BCUT2D eigenvalue weighted by atomic mass is 9.92. The summed E-state index contributed by atoms with van der Waals surface area (Å²) in [5.74, 6) is -1.86. The first-order valence-electron chi connectivity index (χ1n) is 14.7. The van der Waals surface area contributed by atoms with Gasteiger partial charge in [-0.2, -0.15) is 5.10 Å². The van der Waals surface area contributed by atoms with Gasteiger partial charge < -0.3 is 14.6 Å². The molecule has 4 aromatic heterocycles. The number of aromatic nitrogens is 5. The predicted octanol–water partition coefficient (Wildman–Crippen LogP) is 7.25. The number of rotatable bonds is 5. The van der Waals surface area contributed by atoms with E-state index in [1.165, 1.54) is 11.5 Å². The first kappa shape index (κ1) is 29.9. The zero-order valence-corrected chi connectivity index (χ0v) is 26.3. The maximum atomic E-state index is 16.0. The Labute approximate surface area is 266 Å². The molecule has 1 aliphatic rings. The molecule has 5 heterocycles. The highest BCUT2D eigenvalue weighted by Gasteiger charge is 2.34. The van der Waals surface area contributed by atoms with E-state index in [1.54, 1.807) is 15.6 Å². The van der Waals surface area contributed by atoms with Crippen LogP contribution in [0.1, 0.15) is 43.0 Å². The Balaban J connectivity index is 1.56. The molecule has 0 bridgehead atoms. The maximum absolute atomic E-state index is 16.0. The third-order valence-corrected chi connectivity index (χ3v) is 9.80. The largest absolute Gasteiger partial charge is 0.392 e. The minimum Gasteiger partial charge on any atom is -0.392 e. The molecule has 6 aromatic rings. The highest BCUT2D eigenvalue weighted by molar-refractivity contribution is 7.17. The Morgan fingerprint density at radius 3 is 2.61 bits per heavy atom. The molecular formula is C34H29F3N6O2S. The van der Waals surface area contributed by atoms with Gasteiger partial charge in [0.15, 0.2) is 0 Å². The van der Waals surface area contributed by atoms with Gasteiger partial charge in [-0.15, -0.1) is 11.3 Å². The van der Waals surface area contributed by atoms with Gasteiger partial charge in [0.2, 0.25) is 5.91 Å². The van der Waals surface area contributed by atoms with Crippen LogP contribution in [0.3, 0.4) is 0 Å². The van der Waals surface area contributed by atoms with Crippen LogP contribution in [0.5, 0.6) is 0 Å². The van der Waals surface area contributed by atoms with Gasteiger partial charge >= 0.3 is 0 Å². The first-order valence-corrected chi connectivity index (χ1v) is 15.6. The van der Waals surface area contributed by atoms with Gasteiger partial charge in [0.05, 0.1) is 51.5 Å². The number of benzene rings is 2. The summed E-state index contributed by atoms with van der Waals surface area (Å²) >= 11 is 1.12. The van der Waals surface area contributed by atoms with Gasteiger partial charge in [0.1, 0.15) is 29.0 Å². The topological polar surface area (TPSA) is 89.1 Å². The smallest absolute Gasteiger partial charge is 0.246 e. The number of halogens is 3. The van der Waals surface area contributed by atoms with Crippen LogP contribution >= 0.6 is 11.3 Å². The second-order valence-electron chi connectivity index (χ2n) is 11.6. The van der Waals surface area contributed by atoms with Crippen LogP contribution in [-0.2, 0) is 18.4 Å². The molecule has 234 valence electrons. The molecule has 0 saturated heterocycles. The Kier molecular flexibility index (Phi) is 7.09. The lowest BCUT2D eigenvalue weighted by molar-refractivity contribution is -0.129. The van der Waals surface area contributed by atoms with Gasteiger partial charge in [-0.1, -0.05) is 12.6 Å². The second kappa shape index (κ2) is 10.9. The van der Waals surface area contributed by atoms with Crippen LogP contribution in [0.25, 0.3) is 54.9 Å². The number of pyridine rings is 1. The highest BCUT2D eigenvalue weighted by atomic mass is 32.1. The van der Waals surface area contributed by atoms with Crippen molar-refractivity contribution >= 4 is 38.4 Å². The fourth-order valence-electron chi connectivity index (χ4n) is 6.47. The Morgan fingerprint density at radius 1 is 1.09 bits per heavy atom. The van der Waals surface area contributed by atoms with Crippen LogP contribution in [0.15, 0.2) is 54.4 Å². The van der Waals surface area contributed by atoms with E-state index >= 15 is 8.78 Å². The average Bonchev–Trinajstić information content (AvgIpc) is 3.73. The van der Waals surface area contributed by atoms with Crippen LogP contribution in [0, 0.1) is 24.4 Å². The second-order valence-corrected chi connectivity index (χ2v) is 12.5. The summed E-state index contributed by atoms with van der Waals surface area (Å²) in [6.45, 7) is 9.02. The van der Waals surface area contributed by atoms with Crippen molar-refractivity contribution in [2.45, 2.75) is 39.5 Å². The summed E-state index contributed by atoms with van der Waals surface area (Å²) in [7, 11) is 1.92. The third-order valence-electron chi connectivity index (χ3n) is 8.85. The number of aryl methyl sites for hydroxylation is 2. The number of amides is 1. The van der Waals surface area contributed by atoms with Gasteiger partial charge in [0.25, 0.3) is 0 Å². The van der Waals surface area contributed by atoms with Crippen molar-refractivity contribution in [3.05, 3.63) is 89.0 Å². The zero-order valence-electron chi connectivity index (χ0n) is 25.5. The van der Waals surface area contributed by atoms with Crippen molar-refractivity contribution in [2.75, 3.05) is 6.54 Å². The van der Waals surface area contributed by atoms with Crippen LogP contribution in [-0.4, -0.2) is 46.8 Å². The van der Waals surface area contributed by atoms with Crippen molar-refractivity contribution in [3.8, 4) is 33.8 Å². The summed E-state index contributed by atoms with van der Waals surface area (Å²) in [6, 6.07) is 8.58. The van der Waals surface area contributed by atoms with Crippen LogP contribution in [0.4, 0.5) is 13.2 Å². The number of nitrogens with zero attached hydrogens (tertiary/aromatic N) is 6. The minimum absolute atomic E-state index is 0.0564. The zero-order chi connectivity index (χ0) is 32.6. The molecule has 0 radical (unpaired) electrons. The Bertz CT molecular complexity index is 2240. The average molecular weight is 643 g/mol. The minimum atomic E-state index is -0.967. The number of fused-ring (bicyclic) bond motifs is 3. The molecule has 1 amide bonds. The molecular weight excluding hydrogens is 613 g/mol. The summed E-state index contributed by atoms with van der Waals surface area (Å²) in [5, 5.41) is 16.5. The molecule has 12 heteroatoms. The number of aliphatic hydroxyl groups is 1. The molecule has 1 N–H and O–H groups in total. The molecule has 7 rings (SSSR count). The fourth-order valence-corrected chi connectivity index (χ4v) is 7.40. The number of imidazole rings is 1. The number of hydrogen-bond donors (Lipinski definition) is 1. The molecule has 0 aliphatic carbocycles. The first-order chi connectivity index (χ1) is 22.0. The molecule has 46 heavy (non-hydrogen) atoms. The van der Waals surface area contributed by atoms with E-state index in [0.29, 0.717) is 40.0 Å². The van der Waals surface area contributed by atoms with Crippen molar-refractivity contribution in [3.63, 3.8) is 0 Å². The van der Waals surface area contributed by atoms with Crippen molar-refractivity contribution < 1.29 is 23.1 Å². The molecule has 2 aromatic carbocycles. The van der Waals surface area contributed by atoms with E-state index in [-0.39, 0.29) is 45.8 Å². The van der Waals surface area contributed by atoms with Crippen molar-refractivity contribution in [1.82, 2.24) is 29.2 Å². The third kappa shape index (κ3) is 4.46. The van der Waals surface area contributed by atoms with Gasteiger partial charge in [0, 0.05) is 47.1 Å². The lowest BCUT2D eigenvalue weighted by Gasteiger charge is -2.36. The number of hydrogen-bond acceptors (Lipinski definition) is 6. The van der Waals surface area contributed by atoms with E-state index in [0.717, 1.165) is 34.3 Å². The number of carbonyl (C=O) groups is 1. The fraction of sp³-hybridized carbons (Fsp3) is 0.235. The molecule has 8 nitrogen and oxygen atoms in total. The molecule has 1 aliphatic heterocycles. The highest BCUT2D eigenvalue weighted by Crippen LogP contribution is 2.47. The predicted molar refractivity (Wildman–Crippen MR) is 172 cm³/mol. The Hall–Kier alpha value is -4.81. The number of carbonyl (C=O) groups excluding carboxylic acids is 1.